The first-order valence-electron chi connectivity index (χ1n) is 7.41. The largest absolute Gasteiger partial charge is 0.507 e. The van der Waals surface area contributed by atoms with Gasteiger partial charge in [-0.25, -0.2) is 9.59 Å². The smallest absolute Gasteiger partial charge is 0.341 e. The Morgan fingerprint density at radius 2 is 1.50 bits per heavy atom. The van der Waals surface area contributed by atoms with E-state index in [-0.39, 0.29) is 16.9 Å². The highest BCUT2D eigenvalue weighted by Crippen LogP contribution is 2.17. The van der Waals surface area contributed by atoms with E-state index in [1.54, 1.807) is 37.3 Å². The van der Waals surface area contributed by atoms with Crippen molar-refractivity contribution >= 4 is 11.9 Å². The molecule has 6 nitrogen and oxygen atoms in total. The van der Waals surface area contributed by atoms with Crippen LogP contribution in [0.3, 0.4) is 0 Å². The number of ether oxygens (including phenoxy) is 2. The number of hydrogen-bond acceptors (Lipinski definition) is 5. The third-order valence-electron chi connectivity index (χ3n) is 2.82. The average Bonchev–Trinajstić information content (AvgIpc) is 2.56. The number of phenolic OH excluding ortho intramolecular Hbond substituents is 1. The molecule has 128 valence electrons. The molecule has 0 saturated carbocycles. The van der Waals surface area contributed by atoms with Crippen LogP contribution in [0.15, 0.2) is 48.5 Å². The van der Waals surface area contributed by atoms with Crippen molar-refractivity contribution in [2.45, 2.75) is 13.8 Å². The number of carbonyl (C=O) groups is 2. The van der Waals surface area contributed by atoms with Gasteiger partial charge in [-0.05, 0) is 38.1 Å². The fourth-order valence-electron chi connectivity index (χ4n) is 1.78. The summed E-state index contributed by atoms with van der Waals surface area (Å²) in [5.74, 6) is -1.07. The van der Waals surface area contributed by atoms with Crippen LogP contribution in [0.4, 0.5) is 0 Å². The summed E-state index contributed by atoms with van der Waals surface area (Å²) in [4.78, 5) is 21.7. The lowest BCUT2D eigenvalue weighted by Gasteiger charge is -2.05. The van der Waals surface area contributed by atoms with Gasteiger partial charge in [0.25, 0.3) is 0 Å². The molecule has 0 spiro atoms. The van der Waals surface area contributed by atoms with Crippen molar-refractivity contribution in [3.63, 3.8) is 0 Å². The number of phenols is 1. The molecule has 0 unspecified atom stereocenters. The number of hydrogen-bond donors (Lipinski definition) is 2. The normalized spacial score (nSPS) is 9.42. The van der Waals surface area contributed by atoms with Gasteiger partial charge >= 0.3 is 11.9 Å². The topological polar surface area (TPSA) is 93.1 Å². The van der Waals surface area contributed by atoms with E-state index < -0.39 is 11.9 Å². The molecule has 24 heavy (non-hydrogen) atoms. The Bertz CT molecular complexity index is 681. The highest BCUT2D eigenvalue weighted by molar-refractivity contribution is 5.92. The molecule has 0 atom stereocenters. The molecule has 2 aromatic rings. The maximum atomic E-state index is 11.1. The molecular weight excluding hydrogens is 312 g/mol. The zero-order valence-corrected chi connectivity index (χ0v) is 13.6. The predicted octanol–water partition coefficient (Wildman–Crippen LogP) is 3.35. The van der Waals surface area contributed by atoms with Crippen molar-refractivity contribution in [2.24, 2.45) is 0 Å². The summed E-state index contributed by atoms with van der Waals surface area (Å²) in [6.07, 6.45) is 0. The van der Waals surface area contributed by atoms with E-state index in [4.69, 9.17) is 14.6 Å². The van der Waals surface area contributed by atoms with Crippen LogP contribution in [-0.4, -0.2) is 35.4 Å². The fourth-order valence-corrected chi connectivity index (χ4v) is 1.78. The molecule has 0 aromatic heterocycles. The van der Waals surface area contributed by atoms with Gasteiger partial charge in [0.05, 0.1) is 13.2 Å². The van der Waals surface area contributed by atoms with Crippen LogP contribution >= 0.6 is 0 Å². The third-order valence-corrected chi connectivity index (χ3v) is 2.82. The Morgan fingerprint density at radius 1 is 0.917 bits per heavy atom. The molecule has 2 N–H and O–H groups in total. The van der Waals surface area contributed by atoms with Crippen LogP contribution in [-0.2, 0) is 4.74 Å². The molecule has 0 saturated heterocycles. The zero-order chi connectivity index (χ0) is 17.9. The van der Waals surface area contributed by atoms with Gasteiger partial charge < -0.3 is 19.7 Å². The van der Waals surface area contributed by atoms with Crippen LogP contribution in [0, 0.1) is 0 Å². The van der Waals surface area contributed by atoms with Gasteiger partial charge in [-0.1, -0.05) is 24.3 Å². The van der Waals surface area contributed by atoms with Crippen molar-refractivity contribution in [2.75, 3.05) is 13.2 Å². The van der Waals surface area contributed by atoms with E-state index in [9.17, 15) is 14.7 Å². The van der Waals surface area contributed by atoms with E-state index in [0.717, 1.165) is 0 Å². The monoisotopic (exact) mass is 332 g/mol. The molecule has 0 aliphatic heterocycles. The average molecular weight is 332 g/mol. The van der Waals surface area contributed by atoms with Crippen LogP contribution in [0.5, 0.6) is 11.5 Å². The van der Waals surface area contributed by atoms with Crippen LogP contribution in [0.1, 0.15) is 34.6 Å². The number of aromatic carboxylic acids is 1. The molecule has 6 heteroatoms. The summed E-state index contributed by atoms with van der Waals surface area (Å²) in [5, 5.41) is 17.9. The van der Waals surface area contributed by atoms with Crippen LogP contribution < -0.4 is 4.74 Å². The second-order valence-corrected chi connectivity index (χ2v) is 4.47. The van der Waals surface area contributed by atoms with E-state index in [1.165, 1.54) is 18.2 Å². The molecule has 0 fully saturated rings. The number of esters is 1. The number of aromatic hydroxyl groups is 1. The third kappa shape index (κ3) is 5.64. The number of carboxylic acids is 1. The molecular formula is C18H20O6. The SMILES string of the molecule is CCOC(=O)c1ccccc1O.CCOc1ccccc1C(=O)O. The van der Waals surface area contributed by atoms with Crippen molar-refractivity contribution in [3.8, 4) is 11.5 Å². The Kier molecular flexibility index (Phi) is 7.84. The molecule has 2 aromatic carbocycles. The first-order valence-corrected chi connectivity index (χ1v) is 7.41. The molecule has 0 heterocycles. The first-order chi connectivity index (χ1) is 11.5. The summed E-state index contributed by atoms with van der Waals surface area (Å²) in [6, 6.07) is 12.9. The van der Waals surface area contributed by atoms with Crippen molar-refractivity contribution in [3.05, 3.63) is 59.7 Å². The maximum absolute atomic E-state index is 11.1. The Labute approximate surface area is 140 Å². The Hall–Kier alpha value is -3.02. The lowest BCUT2D eigenvalue weighted by molar-refractivity contribution is 0.0522. The fraction of sp³-hybridized carbons (Fsp3) is 0.222. The standard InChI is InChI=1S/2C9H10O3/c1-2-12-8-6-4-3-5-7(8)9(10)11;1-2-12-9(11)7-5-3-4-6-8(7)10/h3-6H,2H2,1H3,(H,10,11);3-6,10H,2H2,1H3. The minimum Gasteiger partial charge on any atom is -0.507 e. The molecule has 0 radical (unpaired) electrons. The summed E-state index contributed by atoms with van der Waals surface area (Å²) < 4.78 is 9.83. The van der Waals surface area contributed by atoms with Gasteiger partial charge in [0.1, 0.15) is 22.6 Å². The number of para-hydroxylation sites is 2. The number of rotatable bonds is 5. The lowest BCUT2D eigenvalue weighted by Crippen LogP contribution is -2.04. The first kappa shape index (κ1) is 19.0. The van der Waals surface area contributed by atoms with E-state index >= 15 is 0 Å². The second-order valence-electron chi connectivity index (χ2n) is 4.47. The van der Waals surface area contributed by atoms with Crippen LogP contribution in [0.25, 0.3) is 0 Å². The van der Waals surface area contributed by atoms with Crippen molar-refractivity contribution < 1.29 is 29.3 Å². The maximum Gasteiger partial charge on any atom is 0.341 e. The molecule has 0 bridgehead atoms. The van der Waals surface area contributed by atoms with Gasteiger partial charge in [0, 0.05) is 0 Å². The van der Waals surface area contributed by atoms with Gasteiger partial charge in [0.2, 0.25) is 0 Å². The Morgan fingerprint density at radius 3 is 2.04 bits per heavy atom. The van der Waals surface area contributed by atoms with E-state index in [0.29, 0.717) is 19.0 Å². The number of carbonyl (C=O) groups excluding carboxylic acids is 1. The zero-order valence-electron chi connectivity index (χ0n) is 13.6. The highest BCUT2D eigenvalue weighted by Gasteiger charge is 2.10. The summed E-state index contributed by atoms with van der Waals surface area (Å²) in [7, 11) is 0. The lowest BCUT2D eigenvalue weighted by atomic mass is 10.2. The molecule has 0 aliphatic rings. The quantitative estimate of drug-likeness (QED) is 0.816. The number of carboxylic acid groups (broad SMARTS) is 1. The summed E-state index contributed by atoms with van der Waals surface area (Å²) >= 11 is 0. The van der Waals surface area contributed by atoms with E-state index in [2.05, 4.69) is 0 Å². The summed E-state index contributed by atoms with van der Waals surface area (Å²) in [5.41, 5.74) is 0.415. The molecule has 0 amide bonds. The number of benzene rings is 2. The minimum absolute atomic E-state index is 0.0454. The molecule has 2 rings (SSSR count). The van der Waals surface area contributed by atoms with Gasteiger partial charge in [-0.15, -0.1) is 0 Å². The second kappa shape index (κ2) is 9.89. The predicted molar refractivity (Wildman–Crippen MR) is 88.6 cm³/mol. The van der Waals surface area contributed by atoms with Gasteiger partial charge in [-0.3, -0.25) is 0 Å². The van der Waals surface area contributed by atoms with Crippen molar-refractivity contribution in [1.29, 1.82) is 0 Å². The van der Waals surface area contributed by atoms with Gasteiger partial charge in [0.15, 0.2) is 0 Å². The highest BCUT2D eigenvalue weighted by atomic mass is 16.5. The van der Waals surface area contributed by atoms with Gasteiger partial charge in [-0.2, -0.15) is 0 Å². The van der Waals surface area contributed by atoms with Crippen molar-refractivity contribution in [1.82, 2.24) is 0 Å². The minimum atomic E-state index is -0.959. The Balaban J connectivity index is 0.000000240. The summed E-state index contributed by atoms with van der Waals surface area (Å²) in [6.45, 7) is 4.33. The van der Waals surface area contributed by atoms with E-state index in [1.807, 2.05) is 6.92 Å². The molecule has 0 aliphatic carbocycles. The van der Waals surface area contributed by atoms with Crippen LogP contribution in [0.2, 0.25) is 0 Å².